The van der Waals surface area contributed by atoms with Crippen molar-refractivity contribution in [2.75, 3.05) is 19.0 Å². The Labute approximate surface area is 132 Å². The molecule has 110 valence electrons. The van der Waals surface area contributed by atoms with Crippen LogP contribution in [0, 0.1) is 17.0 Å². The van der Waals surface area contributed by atoms with Gasteiger partial charge >= 0.3 is 5.69 Å². The van der Waals surface area contributed by atoms with E-state index in [9.17, 15) is 10.1 Å². The molecule has 0 saturated carbocycles. The van der Waals surface area contributed by atoms with Crippen molar-refractivity contribution in [1.29, 1.82) is 0 Å². The quantitative estimate of drug-likeness (QED) is 0.485. The van der Waals surface area contributed by atoms with Crippen LogP contribution in [0.5, 0.6) is 0 Å². The molecule has 5 nitrogen and oxygen atoms in total. The van der Waals surface area contributed by atoms with Crippen molar-refractivity contribution in [2.24, 2.45) is 7.05 Å². The minimum absolute atomic E-state index is 0.106. The molecule has 0 amide bonds. The van der Waals surface area contributed by atoms with E-state index in [2.05, 4.69) is 15.9 Å². The van der Waals surface area contributed by atoms with Gasteiger partial charge in [0.2, 0.25) is 5.69 Å². The van der Waals surface area contributed by atoms with Crippen molar-refractivity contribution < 1.29 is 9.49 Å². The van der Waals surface area contributed by atoms with E-state index < -0.39 is 0 Å². The molecule has 6 heteroatoms. The zero-order valence-electron chi connectivity index (χ0n) is 12.4. The Morgan fingerprint density at radius 3 is 2.29 bits per heavy atom. The number of benzene rings is 1. The molecule has 0 radical (unpaired) electrons. The van der Waals surface area contributed by atoms with Crippen LogP contribution >= 0.6 is 15.9 Å². The lowest BCUT2D eigenvalue weighted by Crippen LogP contribution is -2.37. The van der Waals surface area contributed by atoms with Gasteiger partial charge in [-0.3, -0.25) is 10.1 Å². The van der Waals surface area contributed by atoms with Crippen molar-refractivity contribution in [3.05, 3.63) is 50.6 Å². The van der Waals surface area contributed by atoms with E-state index in [-0.39, 0.29) is 10.6 Å². The van der Waals surface area contributed by atoms with Gasteiger partial charge in [0.25, 0.3) is 5.69 Å². The van der Waals surface area contributed by atoms with Gasteiger partial charge in [0.05, 0.1) is 16.6 Å². The lowest BCUT2D eigenvalue weighted by Gasteiger charge is -2.15. The van der Waals surface area contributed by atoms with Crippen molar-refractivity contribution >= 4 is 27.3 Å². The van der Waals surface area contributed by atoms with Crippen LogP contribution in [0.1, 0.15) is 5.69 Å². The summed E-state index contributed by atoms with van der Waals surface area (Å²) in [5, 5.41) is 11.5. The van der Waals surface area contributed by atoms with Crippen LogP contribution in [-0.4, -0.2) is 19.0 Å². The highest BCUT2D eigenvalue weighted by Crippen LogP contribution is 2.31. The minimum atomic E-state index is -0.330. The number of pyridine rings is 1. The van der Waals surface area contributed by atoms with Gasteiger partial charge in [0.15, 0.2) is 0 Å². The third-order valence-corrected chi connectivity index (χ3v) is 4.05. The number of nitrogens with zero attached hydrogens (tertiary/aromatic N) is 3. The molecule has 0 bridgehead atoms. The molecule has 2 aromatic rings. The zero-order valence-corrected chi connectivity index (χ0v) is 14.0. The van der Waals surface area contributed by atoms with Gasteiger partial charge in [-0.15, -0.1) is 0 Å². The fraction of sp³-hybridized carbons (Fsp3) is 0.267. The molecular formula is C15H17BrN3O2+. The van der Waals surface area contributed by atoms with Crippen molar-refractivity contribution in [2.45, 2.75) is 6.92 Å². The van der Waals surface area contributed by atoms with Crippen LogP contribution in [0.2, 0.25) is 0 Å². The molecule has 0 aliphatic heterocycles. The molecule has 0 aliphatic carbocycles. The maximum Gasteiger partial charge on any atom is 0.342 e. The molecule has 0 unspecified atom stereocenters. The van der Waals surface area contributed by atoms with Crippen molar-refractivity contribution in [1.82, 2.24) is 0 Å². The molecule has 1 aromatic heterocycles. The Balaban J connectivity index is 2.78. The maximum atomic E-state index is 11.5. The topological polar surface area (TPSA) is 50.3 Å². The lowest BCUT2D eigenvalue weighted by atomic mass is 10.1. The summed E-state index contributed by atoms with van der Waals surface area (Å²) in [6.07, 6.45) is 0. The Kier molecular flexibility index (Phi) is 4.27. The summed E-state index contributed by atoms with van der Waals surface area (Å²) >= 11 is 3.38. The van der Waals surface area contributed by atoms with Crippen molar-refractivity contribution in [3.63, 3.8) is 0 Å². The third kappa shape index (κ3) is 2.90. The smallest absolute Gasteiger partial charge is 0.342 e. The maximum absolute atomic E-state index is 11.5. The standard InChI is InChI=1S/C15H17BrN3O2/c1-10-13(17(2)3)9-14(19(20)21)15(18(10)4)11-5-7-12(16)8-6-11/h5-9H,1-4H3/q+1. The highest BCUT2D eigenvalue weighted by molar-refractivity contribution is 9.10. The average Bonchev–Trinajstić information content (AvgIpc) is 2.42. The fourth-order valence-electron chi connectivity index (χ4n) is 2.35. The fourth-order valence-corrected chi connectivity index (χ4v) is 2.62. The van der Waals surface area contributed by atoms with Gasteiger partial charge in [-0.2, -0.15) is 4.57 Å². The number of anilines is 1. The van der Waals surface area contributed by atoms with Crippen molar-refractivity contribution in [3.8, 4) is 11.3 Å². The second-order valence-corrected chi connectivity index (χ2v) is 5.98. The van der Waals surface area contributed by atoms with Crippen LogP contribution in [0.3, 0.4) is 0 Å². The van der Waals surface area contributed by atoms with E-state index in [4.69, 9.17) is 0 Å². The molecule has 21 heavy (non-hydrogen) atoms. The number of nitro groups is 1. The normalized spacial score (nSPS) is 10.5. The number of hydrogen-bond acceptors (Lipinski definition) is 3. The number of halogens is 1. The van der Waals surface area contributed by atoms with Gasteiger partial charge in [-0.25, -0.2) is 0 Å². The first-order valence-electron chi connectivity index (χ1n) is 6.44. The second-order valence-electron chi connectivity index (χ2n) is 5.07. The molecular weight excluding hydrogens is 334 g/mol. The first-order valence-corrected chi connectivity index (χ1v) is 7.23. The molecule has 1 heterocycles. The average molecular weight is 351 g/mol. The van der Waals surface area contributed by atoms with E-state index in [0.717, 1.165) is 21.4 Å². The monoisotopic (exact) mass is 350 g/mol. The zero-order chi connectivity index (χ0) is 15.7. The molecule has 0 fully saturated rings. The van der Waals surface area contributed by atoms with Gasteiger partial charge < -0.3 is 4.90 Å². The molecule has 2 rings (SSSR count). The Morgan fingerprint density at radius 1 is 1.24 bits per heavy atom. The predicted octanol–water partition coefficient (Wildman–Crippen LogP) is 3.22. The molecule has 0 spiro atoms. The highest BCUT2D eigenvalue weighted by Gasteiger charge is 2.29. The largest absolute Gasteiger partial charge is 0.372 e. The third-order valence-electron chi connectivity index (χ3n) is 3.52. The van der Waals surface area contributed by atoms with Crippen LogP contribution in [0.15, 0.2) is 34.8 Å². The van der Waals surface area contributed by atoms with E-state index in [0.29, 0.717) is 5.69 Å². The number of hydrogen-bond donors (Lipinski definition) is 0. The molecule has 0 saturated heterocycles. The first-order chi connectivity index (χ1) is 9.82. The lowest BCUT2D eigenvalue weighted by molar-refractivity contribution is -0.668. The highest BCUT2D eigenvalue weighted by atomic mass is 79.9. The minimum Gasteiger partial charge on any atom is -0.372 e. The molecule has 0 aliphatic rings. The van der Waals surface area contributed by atoms with E-state index in [1.807, 2.05) is 61.8 Å². The molecule has 0 atom stereocenters. The second kappa shape index (κ2) is 5.81. The van der Waals surface area contributed by atoms with Crippen LogP contribution in [-0.2, 0) is 7.05 Å². The van der Waals surface area contributed by atoms with E-state index >= 15 is 0 Å². The van der Waals surface area contributed by atoms with E-state index in [1.165, 1.54) is 0 Å². The molecule has 1 aromatic carbocycles. The Bertz CT molecular complexity index is 697. The number of rotatable bonds is 3. The molecule has 0 N–H and O–H groups in total. The SMILES string of the molecule is Cc1c(N(C)C)cc([N+](=O)[O-])c(-c2ccc(Br)cc2)[n+]1C. The summed E-state index contributed by atoms with van der Waals surface area (Å²) in [6.45, 7) is 1.96. The van der Waals surface area contributed by atoms with E-state index in [1.54, 1.807) is 6.07 Å². The number of aromatic nitrogens is 1. The first kappa shape index (κ1) is 15.4. The summed E-state index contributed by atoms with van der Waals surface area (Å²) in [5.74, 6) is 0. The summed E-state index contributed by atoms with van der Waals surface area (Å²) < 4.78 is 2.81. The van der Waals surface area contributed by atoms with Crippen LogP contribution in [0.25, 0.3) is 11.3 Å². The van der Waals surface area contributed by atoms with Gasteiger partial charge in [-0.05, 0) is 24.3 Å². The predicted molar refractivity (Wildman–Crippen MR) is 86.5 cm³/mol. The summed E-state index contributed by atoms with van der Waals surface area (Å²) in [7, 11) is 5.61. The van der Waals surface area contributed by atoms with Crippen LogP contribution < -0.4 is 9.47 Å². The van der Waals surface area contributed by atoms with Gasteiger partial charge in [0.1, 0.15) is 12.7 Å². The van der Waals surface area contributed by atoms with Gasteiger partial charge in [-0.1, -0.05) is 15.9 Å². The van der Waals surface area contributed by atoms with Gasteiger partial charge in [0, 0.05) is 25.5 Å². The summed E-state index contributed by atoms with van der Waals surface area (Å²) in [6, 6.07) is 9.15. The Morgan fingerprint density at radius 2 is 1.81 bits per heavy atom. The summed E-state index contributed by atoms with van der Waals surface area (Å²) in [5.41, 5.74) is 3.35. The summed E-state index contributed by atoms with van der Waals surface area (Å²) in [4.78, 5) is 13.0. The Hall–Kier alpha value is -1.95. The van der Waals surface area contributed by atoms with Crippen LogP contribution in [0.4, 0.5) is 11.4 Å².